The Morgan fingerprint density at radius 3 is 2.43 bits per heavy atom. The quantitative estimate of drug-likeness (QED) is 0.187. The Morgan fingerprint density at radius 1 is 0.959 bits per heavy atom. The van der Waals surface area contributed by atoms with Gasteiger partial charge in [0.25, 0.3) is 0 Å². The van der Waals surface area contributed by atoms with Crippen molar-refractivity contribution in [2.75, 3.05) is 13.4 Å². The lowest BCUT2D eigenvalue weighted by Crippen LogP contribution is -2.08. The van der Waals surface area contributed by atoms with E-state index in [-0.39, 0.29) is 75.2 Å². The van der Waals surface area contributed by atoms with Gasteiger partial charge >= 0.3 is 5.97 Å². The van der Waals surface area contributed by atoms with Crippen LogP contribution in [0.25, 0.3) is 28.0 Å². The third kappa shape index (κ3) is 6.54. The number of hydrogen-bond donors (Lipinski definition) is 1. The molecule has 3 aromatic heterocycles. The maximum atomic E-state index is 15.7. The van der Waals surface area contributed by atoms with E-state index in [4.69, 9.17) is 14.7 Å². The molecule has 6 aromatic rings. The first-order valence-corrected chi connectivity index (χ1v) is 16.2. The summed E-state index contributed by atoms with van der Waals surface area (Å²) in [6.07, 6.45) is 3.17. The van der Waals surface area contributed by atoms with Crippen LogP contribution < -0.4 is 9.47 Å². The summed E-state index contributed by atoms with van der Waals surface area (Å²) in [5.41, 5.74) is 0.746. The molecule has 3 aromatic carbocycles. The molecule has 248 valence electrons. The molecular formula is C34H24F3N5O6S. The molecule has 1 N–H and O–H groups in total. The molecule has 0 fully saturated rings. The van der Waals surface area contributed by atoms with E-state index < -0.39 is 33.4 Å². The van der Waals surface area contributed by atoms with Gasteiger partial charge in [0, 0.05) is 29.8 Å². The van der Waals surface area contributed by atoms with Crippen molar-refractivity contribution >= 4 is 27.0 Å². The van der Waals surface area contributed by atoms with Gasteiger partial charge in [-0.1, -0.05) is 12.1 Å². The largest absolute Gasteiger partial charge is 0.493 e. The number of nitriles is 1. The van der Waals surface area contributed by atoms with E-state index in [2.05, 4.69) is 9.97 Å². The van der Waals surface area contributed by atoms with Crippen LogP contribution in [0.15, 0.2) is 79.1 Å². The molecule has 0 aliphatic heterocycles. The zero-order valence-electron chi connectivity index (χ0n) is 25.7. The van der Waals surface area contributed by atoms with Crippen LogP contribution in [-0.4, -0.2) is 51.4 Å². The molecule has 6 rings (SSSR count). The standard InChI is InChI=1S/C34H24F3N5O6S/c1-47-31-17-41(49(2,45)46)16-30(31)42-29-12-20(34(43)44)8-9-28(29)39-32(42)13-22-11-26(37)23(14-25(22)36)27-4-3-5-33(40-27)48-18-21-7-6-19(15-38)10-24(21)35/h3-12,14,16-17H,13,18H2,1-2H3,(H,43,44). The number of carboxylic acid groups (broad SMARTS) is 1. The van der Waals surface area contributed by atoms with Crippen molar-refractivity contribution in [1.82, 2.24) is 18.5 Å². The van der Waals surface area contributed by atoms with Crippen LogP contribution in [0.4, 0.5) is 13.2 Å². The first kappa shape index (κ1) is 32.8. The maximum absolute atomic E-state index is 15.7. The zero-order chi connectivity index (χ0) is 35.0. The number of aromatic nitrogens is 4. The van der Waals surface area contributed by atoms with Crippen LogP contribution in [0, 0.1) is 28.8 Å². The van der Waals surface area contributed by atoms with E-state index in [1.807, 2.05) is 6.07 Å². The molecule has 0 amide bonds. The Hall–Kier alpha value is -6.14. The lowest BCUT2D eigenvalue weighted by Gasteiger charge is -2.12. The Balaban J connectivity index is 1.36. The number of methoxy groups -OCH3 is 1. The smallest absolute Gasteiger partial charge is 0.335 e. The molecule has 0 saturated carbocycles. The van der Waals surface area contributed by atoms with Crippen LogP contribution in [0.5, 0.6) is 11.6 Å². The fraction of sp³-hybridized carbons (Fsp3) is 0.118. The van der Waals surface area contributed by atoms with Gasteiger partial charge in [0.05, 0.1) is 53.5 Å². The number of benzene rings is 3. The van der Waals surface area contributed by atoms with E-state index in [9.17, 15) is 22.7 Å². The van der Waals surface area contributed by atoms with Gasteiger partial charge in [0.15, 0.2) is 5.75 Å². The van der Waals surface area contributed by atoms with Gasteiger partial charge in [-0.15, -0.1) is 0 Å². The van der Waals surface area contributed by atoms with Gasteiger partial charge in [-0.05, 0) is 54.1 Å². The van der Waals surface area contributed by atoms with Gasteiger partial charge in [0.1, 0.15) is 35.6 Å². The minimum absolute atomic E-state index is 0.0227. The lowest BCUT2D eigenvalue weighted by molar-refractivity contribution is 0.0697. The highest BCUT2D eigenvalue weighted by Gasteiger charge is 2.23. The molecule has 0 spiro atoms. The van der Waals surface area contributed by atoms with E-state index in [0.29, 0.717) is 5.52 Å². The van der Waals surface area contributed by atoms with Crippen molar-refractivity contribution in [2.24, 2.45) is 0 Å². The third-order valence-corrected chi connectivity index (χ3v) is 8.58. The Kier molecular flexibility index (Phi) is 8.57. The Bertz CT molecular complexity index is 2440. The number of ether oxygens (including phenoxy) is 2. The maximum Gasteiger partial charge on any atom is 0.335 e. The second-order valence-corrected chi connectivity index (χ2v) is 12.7. The monoisotopic (exact) mass is 687 g/mol. The average Bonchev–Trinajstić information content (AvgIpc) is 3.66. The highest BCUT2D eigenvalue weighted by Crippen LogP contribution is 2.33. The fourth-order valence-corrected chi connectivity index (χ4v) is 5.76. The summed E-state index contributed by atoms with van der Waals surface area (Å²) in [6, 6.07) is 16.3. The molecule has 0 radical (unpaired) electrons. The van der Waals surface area contributed by atoms with Gasteiger partial charge in [0.2, 0.25) is 15.9 Å². The van der Waals surface area contributed by atoms with Gasteiger partial charge in [-0.25, -0.2) is 40.3 Å². The van der Waals surface area contributed by atoms with Crippen molar-refractivity contribution in [1.29, 1.82) is 5.26 Å². The van der Waals surface area contributed by atoms with Crippen molar-refractivity contribution in [2.45, 2.75) is 13.0 Å². The number of carboxylic acids is 1. The molecule has 3 heterocycles. The second-order valence-electron chi connectivity index (χ2n) is 10.8. The summed E-state index contributed by atoms with van der Waals surface area (Å²) in [6.45, 7) is -0.225. The van der Waals surface area contributed by atoms with Crippen molar-refractivity contribution in [3.8, 4) is 34.6 Å². The predicted molar refractivity (Wildman–Crippen MR) is 171 cm³/mol. The van der Waals surface area contributed by atoms with Gasteiger partial charge < -0.3 is 14.6 Å². The molecule has 0 unspecified atom stereocenters. The highest BCUT2D eigenvalue weighted by atomic mass is 32.2. The minimum Gasteiger partial charge on any atom is -0.493 e. The van der Waals surface area contributed by atoms with Gasteiger partial charge in [-0.3, -0.25) is 4.57 Å². The Morgan fingerprint density at radius 2 is 1.73 bits per heavy atom. The Labute approximate surface area is 277 Å². The van der Waals surface area contributed by atoms with Crippen molar-refractivity contribution in [3.05, 3.63) is 125 Å². The average molecular weight is 688 g/mol. The summed E-state index contributed by atoms with van der Waals surface area (Å²) in [4.78, 5) is 20.6. The topological polar surface area (TPSA) is 149 Å². The van der Waals surface area contributed by atoms with Gasteiger partial charge in [-0.2, -0.15) is 5.26 Å². The highest BCUT2D eigenvalue weighted by molar-refractivity contribution is 7.89. The number of nitrogens with zero attached hydrogens (tertiary/aromatic N) is 5. The van der Waals surface area contributed by atoms with Crippen molar-refractivity contribution < 1.29 is 41.0 Å². The molecular weight excluding hydrogens is 663 g/mol. The lowest BCUT2D eigenvalue weighted by atomic mass is 10.0. The molecule has 11 nitrogen and oxygen atoms in total. The molecule has 0 atom stereocenters. The first-order chi connectivity index (χ1) is 23.4. The number of pyridine rings is 1. The second kappa shape index (κ2) is 12.8. The number of hydrogen-bond acceptors (Lipinski definition) is 8. The number of imidazole rings is 1. The summed E-state index contributed by atoms with van der Waals surface area (Å²) < 4.78 is 83.7. The molecule has 15 heteroatoms. The summed E-state index contributed by atoms with van der Waals surface area (Å²) in [5.74, 6) is -3.23. The summed E-state index contributed by atoms with van der Waals surface area (Å²) >= 11 is 0. The number of halogens is 3. The fourth-order valence-electron chi connectivity index (χ4n) is 5.19. The SMILES string of the molecule is COc1cn(S(C)(=O)=O)cc1-n1c(Cc2cc(F)c(-c3cccc(OCc4ccc(C#N)cc4F)n3)cc2F)nc2ccc(C(=O)O)cc21. The summed E-state index contributed by atoms with van der Waals surface area (Å²) in [5, 5.41) is 18.5. The van der Waals surface area contributed by atoms with E-state index in [1.165, 1.54) is 72.6 Å². The molecule has 49 heavy (non-hydrogen) atoms. The first-order valence-electron chi connectivity index (χ1n) is 14.3. The number of rotatable bonds is 10. The minimum atomic E-state index is -3.76. The number of aromatic carboxylic acids is 1. The predicted octanol–water partition coefficient (Wildman–Crippen LogP) is 5.86. The molecule has 0 aliphatic carbocycles. The van der Waals surface area contributed by atoms with E-state index in [0.717, 1.165) is 28.4 Å². The summed E-state index contributed by atoms with van der Waals surface area (Å²) in [7, 11) is -2.44. The van der Waals surface area contributed by atoms with Crippen LogP contribution in [0.3, 0.4) is 0 Å². The van der Waals surface area contributed by atoms with E-state index >= 15 is 8.78 Å². The normalized spacial score (nSPS) is 11.4. The zero-order valence-corrected chi connectivity index (χ0v) is 26.5. The van der Waals surface area contributed by atoms with E-state index in [1.54, 1.807) is 0 Å². The van der Waals surface area contributed by atoms with Crippen LogP contribution in [0.1, 0.15) is 32.9 Å². The van der Waals surface area contributed by atoms with Crippen molar-refractivity contribution in [3.63, 3.8) is 0 Å². The van der Waals surface area contributed by atoms with Crippen LogP contribution in [0.2, 0.25) is 0 Å². The molecule has 0 saturated heterocycles. The van der Waals surface area contributed by atoms with Crippen LogP contribution in [-0.2, 0) is 23.1 Å². The molecule has 0 aliphatic rings. The third-order valence-electron chi connectivity index (χ3n) is 7.60. The number of fused-ring (bicyclic) bond motifs is 1. The van der Waals surface area contributed by atoms with Crippen LogP contribution >= 0.6 is 0 Å². The molecule has 0 bridgehead atoms. The number of carbonyl (C=O) groups is 1.